The van der Waals surface area contributed by atoms with E-state index >= 15 is 0 Å². The van der Waals surface area contributed by atoms with E-state index in [0.717, 1.165) is 18.4 Å². The summed E-state index contributed by atoms with van der Waals surface area (Å²) in [5.41, 5.74) is 7.95. The number of rotatable bonds is 6. The zero-order valence-corrected chi connectivity index (χ0v) is 13.3. The molecule has 0 bridgehead atoms. The van der Waals surface area contributed by atoms with E-state index in [9.17, 15) is 9.59 Å². The molecule has 0 aliphatic rings. The maximum atomic E-state index is 12.1. The number of benzene rings is 1. The van der Waals surface area contributed by atoms with Crippen molar-refractivity contribution in [1.82, 2.24) is 4.90 Å². The second kappa shape index (κ2) is 7.78. The van der Waals surface area contributed by atoms with Crippen LogP contribution in [0.3, 0.4) is 0 Å². The molecule has 1 aromatic carbocycles. The summed E-state index contributed by atoms with van der Waals surface area (Å²) in [6.45, 7) is 3.95. The van der Waals surface area contributed by atoms with Crippen LogP contribution >= 0.6 is 0 Å². The number of aryl methyl sites for hydroxylation is 1. The molecule has 0 heterocycles. The Morgan fingerprint density at radius 1 is 1.33 bits per heavy atom. The third-order valence-electron chi connectivity index (χ3n) is 3.35. The molecule has 21 heavy (non-hydrogen) atoms. The molecule has 3 N–H and O–H groups in total. The first-order valence-electron chi connectivity index (χ1n) is 7.25. The zero-order chi connectivity index (χ0) is 16.0. The number of hydrogen-bond donors (Lipinski definition) is 2. The monoisotopic (exact) mass is 291 g/mol. The van der Waals surface area contributed by atoms with Crippen LogP contribution in [-0.2, 0) is 4.79 Å². The van der Waals surface area contributed by atoms with Crippen LogP contribution in [0.2, 0.25) is 0 Å². The van der Waals surface area contributed by atoms with E-state index in [1.165, 1.54) is 4.90 Å². The highest BCUT2D eigenvalue weighted by atomic mass is 16.2. The lowest BCUT2D eigenvalue weighted by Crippen LogP contribution is -2.35. The van der Waals surface area contributed by atoms with Gasteiger partial charge in [0.2, 0.25) is 5.91 Å². The van der Waals surface area contributed by atoms with Gasteiger partial charge in [-0.2, -0.15) is 0 Å². The van der Waals surface area contributed by atoms with Crippen molar-refractivity contribution in [2.75, 3.05) is 19.4 Å². The minimum atomic E-state index is -0.516. The molecule has 0 spiro atoms. The van der Waals surface area contributed by atoms with Crippen LogP contribution < -0.4 is 11.1 Å². The SMILES string of the molecule is CCCC[C@H](N)C(=O)Nc1cc(C(=O)N(C)C)ccc1C. The maximum Gasteiger partial charge on any atom is 0.253 e. The van der Waals surface area contributed by atoms with Crippen LogP contribution in [0.15, 0.2) is 18.2 Å². The zero-order valence-electron chi connectivity index (χ0n) is 13.3. The molecule has 5 nitrogen and oxygen atoms in total. The fourth-order valence-electron chi connectivity index (χ4n) is 1.93. The lowest BCUT2D eigenvalue weighted by Gasteiger charge is -2.15. The number of amides is 2. The predicted octanol–water partition coefficient (Wildman–Crippen LogP) is 2.15. The van der Waals surface area contributed by atoms with Crippen molar-refractivity contribution in [3.05, 3.63) is 29.3 Å². The second-order valence-electron chi connectivity index (χ2n) is 5.47. The van der Waals surface area contributed by atoms with Gasteiger partial charge in [0.1, 0.15) is 0 Å². The minimum absolute atomic E-state index is 0.0965. The van der Waals surface area contributed by atoms with Crippen molar-refractivity contribution in [2.45, 2.75) is 39.2 Å². The maximum absolute atomic E-state index is 12.1. The minimum Gasteiger partial charge on any atom is -0.345 e. The highest BCUT2D eigenvalue weighted by Gasteiger charge is 2.15. The van der Waals surface area contributed by atoms with Gasteiger partial charge in [0.15, 0.2) is 0 Å². The van der Waals surface area contributed by atoms with Crippen molar-refractivity contribution in [2.24, 2.45) is 5.73 Å². The number of anilines is 1. The number of unbranched alkanes of at least 4 members (excludes halogenated alkanes) is 1. The fraction of sp³-hybridized carbons (Fsp3) is 0.500. The van der Waals surface area contributed by atoms with E-state index in [4.69, 9.17) is 5.73 Å². The van der Waals surface area contributed by atoms with Crippen molar-refractivity contribution >= 4 is 17.5 Å². The Balaban J connectivity index is 2.85. The average molecular weight is 291 g/mol. The van der Waals surface area contributed by atoms with Crippen LogP contribution in [-0.4, -0.2) is 36.9 Å². The highest BCUT2D eigenvalue weighted by molar-refractivity contribution is 5.99. The van der Waals surface area contributed by atoms with Gasteiger partial charge < -0.3 is 16.0 Å². The fourth-order valence-corrected chi connectivity index (χ4v) is 1.93. The Bertz CT molecular complexity index is 512. The molecule has 1 atom stereocenters. The number of nitrogens with one attached hydrogen (secondary N) is 1. The Labute approximate surface area is 126 Å². The number of nitrogens with two attached hydrogens (primary N) is 1. The van der Waals surface area contributed by atoms with Crippen LogP contribution in [0, 0.1) is 6.92 Å². The first-order valence-corrected chi connectivity index (χ1v) is 7.25. The van der Waals surface area contributed by atoms with Crippen LogP contribution in [0.1, 0.15) is 42.1 Å². The molecule has 0 aliphatic carbocycles. The van der Waals surface area contributed by atoms with Crippen LogP contribution in [0.5, 0.6) is 0 Å². The number of nitrogens with zero attached hydrogens (tertiary/aromatic N) is 1. The molecule has 5 heteroatoms. The smallest absolute Gasteiger partial charge is 0.253 e. The Kier molecular flexibility index (Phi) is 6.37. The number of carbonyl (C=O) groups is 2. The van der Waals surface area contributed by atoms with Gasteiger partial charge in [0.25, 0.3) is 5.91 Å². The Hall–Kier alpha value is -1.88. The molecule has 1 aromatic rings. The quantitative estimate of drug-likeness (QED) is 0.843. The van der Waals surface area contributed by atoms with Gasteiger partial charge >= 0.3 is 0 Å². The predicted molar refractivity (Wildman–Crippen MR) is 85.3 cm³/mol. The van der Waals surface area contributed by atoms with E-state index in [1.807, 2.05) is 13.0 Å². The molecule has 116 valence electrons. The van der Waals surface area contributed by atoms with Crippen molar-refractivity contribution in [1.29, 1.82) is 0 Å². The molecule has 0 aromatic heterocycles. The van der Waals surface area contributed by atoms with E-state index in [1.54, 1.807) is 26.2 Å². The van der Waals surface area contributed by atoms with Crippen LogP contribution in [0.25, 0.3) is 0 Å². The van der Waals surface area contributed by atoms with Gasteiger partial charge in [0.05, 0.1) is 6.04 Å². The molecule has 0 saturated heterocycles. The first kappa shape index (κ1) is 17.2. The van der Waals surface area contributed by atoms with E-state index in [0.29, 0.717) is 17.7 Å². The number of carbonyl (C=O) groups excluding carboxylic acids is 2. The summed E-state index contributed by atoms with van der Waals surface area (Å²) in [5.74, 6) is -0.304. The molecule has 0 unspecified atom stereocenters. The highest BCUT2D eigenvalue weighted by Crippen LogP contribution is 2.18. The summed E-state index contributed by atoms with van der Waals surface area (Å²) in [4.78, 5) is 25.5. The molecular weight excluding hydrogens is 266 g/mol. The van der Waals surface area contributed by atoms with Gasteiger partial charge in [-0.15, -0.1) is 0 Å². The third-order valence-corrected chi connectivity index (χ3v) is 3.35. The molecule has 0 radical (unpaired) electrons. The topological polar surface area (TPSA) is 75.4 Å². The summed E-state index contributed by atoms with van der Waals surface area (Å²) in [7, 11) is 3.39. The molecular formula is C16H25N3O2. The lowest BCUT2D eigenvalue weighted by molar-refractivity contribution is -0.117. The van der Waals surface area contributed by atoms with Gasteiger partial charge in [-0.25, -0.2) is 0 Å². The second-order valence-corrected chi connectivity index (χ2v) is 5.47. The van der Waals surface area contributed by atoms with Gasteiger partial charge in [0, 0.05) is 25.3 Å². The van der Waals surface area contributed by atoms with Gasteiger partial charge in [-0.1, -0.05) is 25.8 Å². The van der Waals surface area contributed by atoms with E-state index in [2.05, 4.69) is 12.2 Å². The molecule has 0 fully saturated rings. The summed E-state index contributed by atoms with van der Waals surface area (Å²) >= 11 is 0. The molecule has 1 rings (SSSR count). The summed E-state index contributed by atoms with van der Waals surface area (Å²) < 4.78 is 0. The standard InChI is InChI=1S/C16H25N3O2/c1-5-6-7-13(17)15(20)18-14-10-12(9-8-11(14)2)16(21)19(3)4/h8-10,13H,5-7,17H2,1-4H3,(H,18,20)/t13-/m0/s1. The van der Waals surface area contributed by atoms with Crippen molar-refractivity contribution in [3.63, 3.8) is 0 Å². The van der Waals surface area contributed by atoms with Gasteiger partial charge in [-0.05, 0) is 31.0 Å². The normalized spacial score (nSPS) is 11.9. The summed E-state index contributed by atoms with van der Waals surface area (Å²) in [6.07, 6.45) is 2.59. The molecule has 2 amide bonds. The van der Waals surface area contributed by atoms with Gasteiger partial charge in [-0.3, -0.25) is 9.59 Å². The average Bonchev–Trinajstić information content (AvgIpc) is 2.45. The summed E-state index contributed by atoms with van der Waals surface area (Å²) in [5, 5.41) is 2.82. The Morgan fingerprint density at radius 2 is 2.00 bits per heavy atom. The third kappa shape index (κ3) is 4.86. The summed E-state index contributed by atoms with van der Waals surface area (Å²) in [6, 6.07) is 4.76. The first-order chi connectivity index (χ1) is 9.86. The van der Waals surface area contributed by atoms with Crippen molar-refractivity contribution in [3.8, 4) is 0 Å². The van der Waals surface area contributed by atoms with Crippen molar-refractivity contribution < 1.29 is 9.59 Å². The molecule has 0 saturated carbocycles. The Morgan fingerprint density at radius 3 is 2.57 bits per heavy atom. The van der Waals surface area contributed by atoms with E-state index in [-0.39, 0.29) is 11.8 Å². The largest absolute Gasteiger partial charge is 0.345 e. The number of hydrogen-bond acceptors (Lipinski definition) is 3. The lowest BCUT2D eigenvalue weighted by atomic mass is 10.1. The molecule has 0 aliphatic heterocycles. The van der Waals surface area contributed by atoms with Crippen LogP contribution in [0.4, 0.5) is 5.69 Å². The van der Waals surface area contributed by atoms with E-state index < -0.39 is 6.04 Å².